The van der Waals surface area contributed by atoms with Crippen LogP contribution >= 0.6 is 0 Å². The van der Waals surface area contributed by atoms with E-state index in [9.17, 15) is 9.18 Å². The van der Waals surface area contributed by atoms with E-state index >= 15 is 0 Å². The van der Waals surface area contributed by atoms with E-state index < -0.39 is 11.9 Å². The molecule has 2 aromatic carbocycles. The Morgan fingerprint density at radius 1 is 1.25 bits per heavy atom. The maximum absolute atomic E-state index is 14.2. The fourth-order valence-corrected chi connectivity index (χ4v) is 2.11. The molecule has 3 aromatic rings. The first kappa shape index (κ1) is 15.7. The van der Waals surface area contributed by atoms with Gasteiger partial charge in [-0.2, -0.15) is 0 Å². The average Bonchev–Trinajstić information content (AvgIpc) is 3.00. The molecule has 0 aliphatic carbocycles. The number of carbonyl (C=O) groups excluding carboxylic acids is 1. The third kappa shape index (κ3) is 3.75. The highest BCUT2D eigenvalue weighted by Gasteiger charge is 2.10. The number of nitrogens with one attached hydrogen (secondary N) is 1. The summed E-state index contributed by atoms with van der Waals surface area (Å²) in [6, 6.07) is 13.6. The third-order valence-electron chi connectivity index (χ3n) is 3.26. The van der Waals surface area contributed by atoms with E-state index in [4.69, 9.17) is 4.74 Å². The van der Waals surface area contributed by atoms with Gasteiger partial charge in [0.1, 0.15) is 12.3 Å². The lowest BCUT2D eigenvalue weighted by atomic mass is 10.2. The largest absolute Gasteiger partial charge is 0.444 e. The molecule has 1 heterocycles. The fourth-order valence-electron chi connectivity index (χ4n) is 2.11. The van der Waals surface area contributed by atoms with Gasteiger partial charge in [0.25, 0.3) is 0 Å². The lowest BCUT2D eigenvalue weighted by Crippen LogP contribution is -2.14. The maximum Gasteiger partial charge on any atom is 0.411 e. The number of amides is 1. The Morgan fingerprint density at radius 3 is 2.71 bits per heavy atom. The number of ether oxygens (including phenoxy) is 1. The summed E-state index contributed by atoms with van der Waals surface area (Å²) in [5.74, 6) is -0.527. The summed E-state index contributed by atoms with van der Waals surface area (Å²) < 4.78 is 20.6. The number of hydrogen-bond acceptors (Lipinski definition) is 4. The number of benzene rings is 2. The van der Waals surface area contributed by atoms with E-state index in [1.807, 2.05) is 30.3 Å². The van der Waals surface area contributed by atoms with Crippen LogP contribution in [-0.2, 0) is 11.3 Å². The van der Waals surface area contributed by atoms with Crippen LogP contribution in [-0.4, -0.2) is 21.1 Å². The quantitative estimate of drug-likeness (QED) is 0.797. The van der Waals surface area contributed by atoms with Crippen LogP contribution in [0.1, 0.15) is 11.3 Å². The zero-order valence-electron chi connectivity index (χ0n) is 12.9. The maximum atomic E-state index is 14.2. The molecule has 1 N–H and O–H groups in total. The lowest BCUT2D eigenvalue weighted by Gasteiger charge is -2.08. The molecule has 0 unspecified atom stereocenters. The van der Waals surface area contributed by atoms with Crippen molar-refractivity contribution in [3.63, 3.8) is 0 Å². The highest BCUT2D eigenvalue weighted by atomic mass is 19.1. The highest BCUT2D eigenvalue weighted by Crippen LogP contribution is 2.18. The molecule has 0 saturated heterocycles. The number of hydrogen-bond donors (Lipinski definition) is 1. The van der Waals surface area contributed by atoms with Gasteiger partial charge in [-0.3, -0.25) is 5.32 Å². The summed E-state index contributed by atoms with van der Waals surface area (Å²) >= 11 is 0. The van der Waals surface area contributed by atoms with E-state index in [1.165, 1.54) is 16.8 Å². The first-order valence-electron chi connectivity index (χ1n) is 7.28. The van der Waals surface area contributed by atoms with E-state index in [0.717, 1.165) is 5.56 Å². The SMILES string of the molecule is Cc1cn(-c2ccc(NC(=O)OCc3ccccc3)cc2F)nn1. The molecule has 0 fully saturated rings. The van der Waals surface area contributed by atoms with Crippen LogP contribution in [0.25, 0.3) is 5.69 Å². The second-order valence-corrected chi connectivity index (χ2v) is 5.16. The van der Waals surface area contributed by atoms with Gasteiger partial charge in [-0.1, -0.05) is 35.5 Å². The van der Waals surface area contributed by atoms with Crippen LogP contribution in [0.3, 0.4) is 0 Å². The summed E-state index contributed by atoms with van der Waals surface area (Å²) in [6.07, 6.45) is 0.960. The Kier molecular flexibility index (Phi) is 4.51. The van der Waals surface area contributed by atoms with Gasteiger partial charge in [0.05, 0.1) is 11.9 Å². The Labute approximate surface area is 137 Å². The molecule has 7 heteroatoms. The number of carbonyl (C=O) groups is 1. The Hall–Kier alpha value is -3.22. The highest BCUT2D eigenvalue weighted by molar-refractivity contribution is 5.84. The van der Waals surface area contributed by atoms with Crippen LogP contribution in [0.2, 0.25) is 0 Å². The molecular formula is C17H15FN4O2. The lowest BCUT2D eigenvalue weighted by molar-refractivity contribution is 0.155. The molecule has 24 heavy (non-hydrogen) atoms. The molecule has 0 aliphatic rings. The summed E-state index contributed by atoms with van der Waals surface area (Å²) in [5.41, 5.74) is 2.10. The summed E-state index contributed by atoms with van der Waals surface area (Å²) in [6.45, 7) is 1.91. The van der Waals surface area contributed by atoms with E-state index in [1.54, 1.807) is 19.2 Å². The van der Waals surface area contributed by atoms with Crippen LogP contribution < -0.4 is 5.32 Å². The number of aromatic nitrogens is 3. The Morgan fingerprint density at radius 2 is 2.04 bits per heavy atom. The summed E-state index contributed by atoms with van der Waals surface area (Å²) in [5, 5.41) is 10.1. The average molecular weight is 326 g/mol. The predicted octanol–water partition coefficient (Wildman–Crippen LogP) is 3.46. The molecule has 0 radical (unpaired) electrons. The Balaban J connectivity index is 1.63. The van der Waals surface area contributed by atoms with Crippen molar-refractivity contribution in [2.24, 2.45) is 0 Å². The van der Waals surface area contributed by atoms with E-state index in [-0.39, 0.29) is 12.3 Å². The number of halogens is 1. The first-order valence-corrected chi connectivity index (χ1v) is 7.28. The number of rotatable bonds is 4. The third-order valence-corrected chi connectivity index (χ3v) is 3.26. The predicted molar refractivity (Wildman–Crippen MR) is 86.3 cm³/mol. The zero-order chi connectivity index (χ0) is 16.9. The van der Waals surface area contributed by atoms with Gasteiger partial charge in [-0.15, -0.1) is 5.10 Å². The molecule has 3 rings (SSSR count). The normalized spacial score (nSPS) is 10.4. The van der Waals surface area contributed by atoms with Gasteiger partial charge in [0.15, 0.2) is 5.82 Å². The van der Waals surface area contributed by atoms with Crippen LogP contribution in [0.15, 0.2) is 54.7 Å². The van der Waals surface area contributed by atoms with Crippen molar-refractivity contribution >= 4 is 11.8 Å². The van der Waals surface area contributed by atoms with Gasteiger partial charge in [-0.25, -0.2) is 13.9 Å². The molecule has 0 saturated carbocycles. The van der Waals surface area contributed by atoms with Crippen LogP contribution in [0, 0.1) is 12.7 Å². The van der Waals surface area contributed by atoms with Crippen LogP contribution in [0.4, 0.5) is 14.9 Å². The number of aryl methyl sites for hydroxylation is 1. The smallest absolute Gasteiger partial charge is 0.411 e. The summed E-state index contributed by atoms with van der Waals surface area (Å²) in [7, 11) is 0. The van der Waals surface area contributed by atoms with Crippen molar-refractivity contribution in [2.75, 3.05) is 5.32 Å². The minimum Gasteiger partial charge on any atom is -0.444 e. The standard InChI is InChI=1S/C17H15FN4O2/c1-12-10-22(21-20-12)16-8-7-14(9-15(16)18)19-17(23)24-11-13-5-3-2-4-6-13/h2-10H,11H2,1H3,(H,19,23). The van der Waals surface area contributed by atoms with Crippen molar-refractivity contribution in [3.05, 3.63) is 71.8 Å². The first-order chi connectivity index (χ1) is 11.6. The van der Waals surface area contributed by atoms with Gasteiger partial charge in [0, 0.05) is 5.69 Å². The summed E-state index contributed by atoms with van der Waals surface area (Å²) in [4.78, 5) is 11.8. The number of nitrogens with zero attached hydrogens (tertiary/aromatic N) is 3. The van der Waals surface area contributed by atoms with Crippen LogP contribution in [0.5, 0.6) is 0 Å². The minimum atomic E-state index is -0.650. The molecule has 1 aromatic heterocycles. The molecule has 6 nitrogen and oxygen atoms in total. The van der Waals surface area contributed by atoms with Crippen molar-refractivity contribution in [3.8, 4) is 5.69 Å². The molecule has 0 spiro atoms. The van der Waals surface area contributed by atoms with Gasteiger partial charge in [-0.05, 0) is 30.7 Å². The minimum absolute atomic E-state index is 0.144. The topological polar surface area (TPSA) is 69.0 Å². The second-order valence-electron chi connectivity index (χ2n) is 5.16. The number of anilines is 1. The molecule has 0 bridgehead atoms. The van der Waals surface area contributed by atoms with Gasteiger partial charge in [0.2, 0.25) is 0 Å². The monoisotopic (exact) mass is 326 g/mol. The van der Waals surface area contributed by atoms with Crippen molar-refractivity contribution in [1.29, 1.82) is 0 Å². The molecular weight excluding hydrogens is 311 g/mol. The Bertz CT molecular complexity index is 849. The van der Waals surface area contributed by atoms with Crippen molar-refractivity contribution in [2.45, 2.75) is 13.5 Å². The van der Waals surface area contributed by atoms with Gasteiger partial charge < -0.3 is 4.74 Å². The molecule has 0 aliphatic heterocycles. The van der Waals surface area contributed by atoms with E-state index in [0.29, 0.717) is 11.4 Å². The second kappa shape index (κ2) is 6.91. The molecule has 1 amide bonds. The zero-order valence-corrected chi connectivity index (χ0v) is 12.9. The fraction of sp³-hybridized carbons (Fsp3) is 0.118. The molecule has 0 atom stereocenters. The molecule has 122 valence electrons. The van der Waals surface area contributed by atoms with Crippen molar-refractivity contribution in [1.82, 2.24) is 15.0 Å². The van der Waals surface area contributed by atoms with Crippen molar-refractivity contribution < 1.29 is 13.9 Å². The van der Waals surface area contributed by atoms with Gasteiger partial charge >= 0.3 is 6.09 Å². The van der Waals surface area contributed by atoms with E-state index in [2.05, 4.69) is 15.6 Å².